The first kappa shape index (κ1) is 29.5. The predicted molar refractivity (Wildman–Crippen MR) is 139 cm³/mol. The summed E-state index contributed by atoms with van der Waals surface area (Å²) in [5.41, 5.74) is -0.867. The normalized spacial score (nSPS) is 17.5. The molecule has 224 valence electrons. The Morgan fingerprint density at radius 1 is 1.02 bits per heavy atom. The van der Waals surface area contributed by atoms with Gasteiger partial charge >= 0.3 is 12.8 Å². The zero-order valence-electron chi connectivity index (χ0n) is 21.9. The van der Waals surface area contributed by atoms with Gasteiger partial charge in [0.05, 0.1) is 22.7 Å². The lowest BCUT2D eigenvalue weighted by Crippen LogP contribution is -2.52. The number of hydrogen-bond donors (Lipinski definition) is 0. The van der Waals surface area contributed by atoms with Gasteiger partial charge in [0.1, 0.15) is 23.4 Å². The fourth-order valence-electron chi connectivity index (χ4n) is 5.05. The molecule has 0 spiro atoms. The van der Waals surface area contributed by atoms with Crippen LogP contribution in [0.1, 0.15) is 18.9 Å². The number of alkyl halides is 5. The maximum absolute atomic E-state index is 14.2. The van der Waals surface area contributed by atoms with Crippen LogP contribution in [0.25, 0.3) is 11.1 Å². The van der Waals surface area contributed by atoms with Crippen molar-refractivity contribution in [1.29, 1.82) is 0 Å². The van der Waals surface area contributed by atoms with Gasteiger partial charge in [0.2, 0.25) is 5.91 Å². The Balaban J connectivity index is 1.54. The van der Waals surface area contributed by atoms with Crippen LogP contribution in [0, 0.1) is 11.7 Å². The van der Waals surface area contributed by atoms with Crippen LogP contribution in [0.3, 0.4) is 0 Å². The fourth-order valence-corrected chi connectivity index (χ4v) is 6.60. The summed E-state index contributed by atoms with van der Waals surface area (Å²) in [7, 11) is -4.58. The van der Waals surface area contributed by atoms with E-state index in [-0.39, 0.29) is 40.9 Å². The molecule has 14 heteroatoms. The van der Waals surface area contributed by atoms with Gasteiger partial charge in [-0.15, -0.1) is 0 Å². The lowest BCUT2D eigenvalue weighted by molar-refractivity contribution is -0.138. The van der Waals surface area contributed by atoms with E-state index in [0.717, 1.165) is 40.7 Å². The standard InChI is InChI=1S/C28H24F6N2O5S/c1-16(37)35-13-17(14-35)7-23-15-36(42(38,39)24-4-2-3-20(11-24)28(32,33)34)25-10-18(5-6-26(25)40-23)19-8-21(29)12-22(9-19)41-27(30)31/h2-6,8-12,17,23,27H,7,13-15H2,1H3. The van der Waals surface area contributed by atoms with Crippen molar-refractivity contribution in [2.75, 3.05) is 23.9 Å². The Kier molecular flexibility index (Phi) is 7.77. The van der Waals surface area contributed by atoms with E-state index in [9.17, 15) is 39.6 Å². The molecule has 2 aliphatic rings. The number of sulfonamides is 1. The Hall–Kier alpha value is -3.94. The highest BCUT2D eigenvalue weighted by Gasteiger charge is 2.39. The Morgan fingerprint density at radius 3 is 2.43 bits per heavy atom. The summed E-state index contributed by atoms with van der Waals surface area (Å²) in [6.07, 6.45) is -5.10. The highest BCUT2D eigenvalue weighted by molar-refractivity contribution is 7.92. The molecule has 1 amide bonds. The lowest BCUT2D eigenvalue weighted by atomic mass is 9.92. The Bertz CT molecular complexity index is 1610. The minimum absolute atomic E-state index is 0.0263. The topological polar surface area (TPSA) is 76.2 Å². The van der Waals surface area contributed by atoms with Gasteiger partial charge in [0.15, 0.2) is 0 Å². The molecule has 0 radical (unpaired) electrons. The third kappa shape index (κ3) is 6.13. The Morgan fingerprint density at radius 2 is 1.76 bits per heavy atom. The van der Waals surface area contributed by atoms with Crippen molar-refractivity contribution in [3.05, 3.63) is 72.0 Å². The van der Waals surface area contributed by atoms with E-state index in [1.807, 2.05) is 0 Å². The molecule has 3 aromatic rings. The molecule has 1 saturated heterocycles. The van der Waals surface area contributed by atoms with E-state index in [1.54, 1.807) is 4.90 Å². The minimum atomic E-state index is -4.79. The molecule has 0 aromatic heterocycles. The minimum Gasteiger partial charge on any atom is -0.486 e. The number of fused-ring (bicyclic) bond motifs is 1. The van der Waals surface area contributed by atoms with Crippen LogP contribution in [0.2, 0.25) is 0 Å². The Labute approximate surface area is 237 Å². The van der Waals surface area contributed by atoms with E-state index in [0.29, 0.717) is 25.6 Å². The summed E-state index contributed by atoms with van der Waals surface area (Å²) < 4.78 is 119. The number of ether oxygens (including phenoxy) is 2. The van der Waals surface area contributed by atoms with Crippen molar-refractivity contribution in [2.45, 2.75) is 37.1 Å². The van der Waals surface area contributed by atoms with Crippen molar-refractivity contribution in [1.82, 2.24) is 4.90 Å². The average molecular weight is 615 g/mol. The molecule has 0 saturated carbocycles. The van der Waals surface area contributed by atoms with Crippen molar-refractivity contribution < 1.29 is 49.0 Å². The number of benzene rings is 3. The molecular weight excluding hydrogens is 590 g/mol. The number of rotatable bonds is 7. The molecule has 0 bridgehead atoms. The average Bonchev–Trinajstić information content (AvgIpc) is 2.88. The molecule has 2 heterocycles. The molecule has 0 aliphatic carbocycles. The van der Waals surface area contributed by atoms with Gasteiger partial charge in [0.25, 0.3) is 10.0 Å². The molecule has 2 aliphatic heterocycles. The smallest absolute Gasteiger partial charge is 0.416 e. The monoisotopic (exact) mass is 614 g/mol. The third-order valence-corrected chi connectivity index (χ3v) is 8.84. The van der Waals surface area contributed by atoms with E-state index in [1.165, 1.54) is 25.1 Å². The van der Waals surface area contributed by atoms with Gasteiger partial charge in [-0.3, -0.25) is 9.10 Å². The molecule has 0 N–H and O–H groups in total. The second-order valence-corrected chi connectivity index (χ2v) is 11.9. The summed E-state index contributed by atoms with van der Waals surface area (Å²) >= 11 is 0. The molecule has 5 rings (SSSR count). The predicted octanol–water partition coefficient (Wildman–Crippen LogP) is 5.94. The number of halogens is 6. The lowest BCUT2D eigenvalue weighted by Gasteiger charge is -2.42. The van der Waals surface area contributed by atoms with E-state index < -0.39 is 50.9 Å². The summed E-state index contributed by atoms with van der Waals surface area (Å²) in [5.74, 6) is -1.30. The van der Waals surface area contributed by atoms with Crippen LogP contribution < -0.4 is 13.8 Å². The van der Waals surface area contributed by atoms with Gasteiger partial charge in [-0.1, -0.05) is 12.1 Å². The number of amides is 1. The highest BCUT2D eigenvalue weighted by atomic mass is 32.2. The molecule has 1 fully saturated rings. The van der Waals surface area contributed by atoms with Gasteiger partial charge in [0, 0.05) is 26.1 Å². The molecule has 3 aromatic carbocycles. The van der Waals surface area contributed by atoms with Gasteiger partial charge in [-0.25, -0.2) is 12.8 Å². The van der Waals surface area contributed by atoms with Crippen LogP contribution in [-0.2, 0) is 21.0 Å². The molecule has 1 unspecified atom stereocenters. The number of hydrogen-bond acceptors (Lipinski definition) is 5. The van der Waals surface area contributed by atoms with Crippen LogP contribution in [0.5, 0.6) is 11.5 Å². The molecule has 42 heavy (non-hydrogen) atoms. The first-order valence-electron chi connectivity index (χ1n) is 12.7. The zero-order chi connectivity index (χ0) is 30.4. The van der Waals surface area contributed by atoms with Gasteiger partial charge in [-0.05, 0) is 65.9 Å². The van der Waals surface area contributed by atoms with Crippen molar-refractivity contribution >= 4 is 21.6 Å². The summed E-state index contributed by atoms with van der Waals surface area (Å²) in [6, 6.07) is 10.5. The summed E-state index contributed by atoms with van der Waals surface area (Å²) in [4.78, 5) is 12.6. The highest BCUT2D eigenvalue weighted by Crippen LogP contribution is 2.42. The maximum Gasteiger partial charge on any atom is 0.416 e. The van der Waals surface area contributed by atoms with Crippen LogP contribution in [-0.4, -0.2) is 51.6 Å². The maximum atomic E-state index is 14.2. The van der Waals surface area contributed by atoms with Gasteiger partial charge < -0.3 is 14.4 Å². The van der Waals surface area contributed by atoms with E-state index in [2.05, 4.69) is 4.74 Å². The number of likely N-dealkylation sites (tertiary alicyclic amines) is 1. The van der Waals surface area contributed by atoms with Crippen LogP contribution >= 0.6 is 0 Å². The zero-order valence-corrected chi connectivity index (χ0v) is 22.8. The largest absolute Gasteiger partial charge is 0.486 e. The SMILES string of the molecule is CC(=O)N1CC(CC2CN(S(=O)(=O)c3cccc(C(F)(F)F)c3)c3cc(-c4cc(F)cc(OC(F)F)c4)ccc3O2)C1. The van der Waals surface area contributed by atoms with Crippen LogP contribution in [0.4, 0.5) is 32.0 Å². The summed E-state index contributed by atoms with van der Waals surface area (Å²) in [6.45, 7) is -1.10. The van der Waals surface area contributed by atoms with E-state index in [4.69, 9.17) is 4.74 Å². The van der Waals surface area contributed by atoms with E-state index >= 15 is 0 Å². The van der Waals surface area contributed by atoms with Gasteiger partial charge in [-0.2, -0.15) is 22.0 Å². The third-order valence-electron chi connectivity index (χ3n) is 7.07. The number of carbonyl (C=O) groups is 1. The molecule has 1 atom stereocenters. The summed E-state index contributed by atoms with van der Waals surface area (Å²) in [5, 5.41) is 0. The second-order valence-electron chi connectivity index (χ2n) is 10.1. The van der Waals surface area contributed by atoms with Crippen LogP contribution in [0.15, 0.2) is 65.6 Å². The number of nitrogens with zero attached hydrogens (tertiary/aromatic N) is 2. The number of anilines is 1. The van der Waals surface area contributed by atoms with Crippen molar-refractivity contribution in [3.8, 4) is 22.6 Å². The quantitative estimate of drug-likeness (QED) is 0.308. The fraction of sp³-hybridized carbons (Fsp3) is 0.321. The molecular formula is C28H24F6N2O5S. The first-order chi connectivity index (χ1) is 19.7. The molecule has 7 nitrogen and oxygen atoms in total. The number of carbonyl (C=O) groups excluding carboxylic acids is 1. The first-order valence-corrected chi connectivity index (χ1v) is 14.2. The van der Waals surface area contributed by atoms with Crippen molar-refractivity contribution in [3.63, 3.8) is 0 Å². The van der Waals surface area contributed by atoms with Crippen molar-refractivity contribution in [2.24, 2.45) is 5.92 Å². The second kappa shape index (κ2) is 11.0.